The summed E-state index contributed by atoms with van der Waals surface area (Å²) >= 11 is 0. The van der Waals surface area contributed by atoms with Gasteiger partial charge in [0.2, 0.25) is 0 Å². The summed E-state index contributed by atoms with van der Waals surface area (Å²) in [4.78, 5) is 38.4. The Morgan fingerprint density at radius 1 is 0.868 bits per heavy atom. The van der Waals surface area contributed by atoms with Crippen molar-refractivity contribution in [2.24, 2.45) is 0 Å². The van der Waals surface area contributed by atoms with Gasteiger partial charge in [0.1, 0.15) is 28.8 Å². The van der Waals surface area contributed by atoms with Crippen molar-refractivity contribution in [3.63, 3.8) is 0 Å². The third-order valence-electron chi connectivity index (χ3n) is 5.61. The second kappa shape index (κ2) is 10.4. The highest BCUT2D eigenvalue weighted by Gasteiger charge is 2.16. The number of carbonyl (C=O) groups is 1. The molecule has 5 rings (SSSR count). The molecule has 0 saturated heterocycles. The zero-order valence-electron chi connectivity index (χ0n) is 20.9. The van der Waals surface area contributed by atoms with Crippen LogP contribution >= 0.6 is 0 Å². The number of pyridine rings is 1. The first kappa shape index (κ1) is 24.4. The zero-order chi connectivity index (χ0) is 26.6. The van der Waals surface area contributed by atoms with Gasteiger partial charge >= 0.3 is 5.63 Å². The Balaban J connectivity index is 1.29. The van der Waals surface area contributed by atoms with Crippen molar-refractivity contribution in [2.75, 3.05) is 23.1 Å². The number of fused-ring (bicyclic) bond motifs is 1. The van der Waals surface area contributed by atoms with Crippen molar-refractivity contribution < 1.29 is 13.9 Å². The normalized spacial score (nSPS) is 10.7. The van der Waals surface area contributed by atoms with Crippen molar-refractivity contribution in [3.8, 4) is 5.75 Å². The van der Waals surface area contributed by atoms with Crippen LogP contribution in [0.4, 0.5) is 28.8 Å². The first-order valence-corrected chi connectivity index (χ1v) is 11.7. The van der Waals surface area contributed by atoms with E-state index in [4.69, 9.17) is 9.15 Å². The largest absolute Gasteiger partial charge is 0.493 e. The molecule has 10 nitrogen and oxygen atoms in total. The van der Waals surface area contributed by atoms with E-state index in [1.54, 1.807) is 61.7 Å². The average Bonchev–Trinajstić information content (AvgIpc) is 2.88. The van der Waals surface area contributed by atoms with Gasteiger partial charge in [0.05, 0.1) is 7.11 Å². The monoisotopic (exact) mass is 508 g/mol. The molecular weight excluding hydrogens is 484 g/mol. The Labute approximate surface area is 217 Å². The van der Waals surface area contributed by atoms with E-state index in [9.17, 15) is 9.59 Å². The van der Waals surface area contributed by atoms with Crippen molar-refractivity contribution in [2.45, 2.75) is 13.8 Å². The van der Waals surface area contributed by atoms with E-state index < -0.39 is 11.5 Å². The molecule has 0 spiro atoms. The van der Waals surface area contributed by atoms with Crippen LogP contribution in [0.25, 0.3) is 11.0 Å². The Bertz CT molecular complexity index is 1700. The fourth-order valence-electron chi connectivity index (χ4n) is 3.85. The van der Waals surface area contributed by atoms with E-state index in [2.05, 4.69) is 30.9 Å². The molecule has 3 N–H and O–H groups in total. The highest BCUT2D eigenvalue weighted by Crippen LogP contribution is 2.25. The Morgan fingerprint density at radius 3 is 2.34 bits per heavy atom. The van der Waals surface area contributed by atoms with Crippen molar-refractivity contribution in [1.82, 2.24) is 15.0 Å². The molecular formula is C28H24N6O4. The van der Waals surface area contributed by atoms with E-state index in [0.29, 0.717) is 45.7 Å². The quantitative estimate of drug-likeness (QED) is 0.249. The summed E-state index contributed by atoms with van der Waals surface area (Å²) in [5.74, 6) is 2.32. The van der Waals surface area contributed by atoms with Crippen molar-refractivity contribution >= 4 is 45.7 Å². The summed E-state index contributed by atoms with van der Waals surface area (Å²) in [6, 6.07) is 19.3. The predicted octanol–water partition coefficient (Wildman–Crippen LogP) is 5.34. The number of ether oxygens (including phenoxy) is 1. The average molecular weight is 509 g/mol. The standard InChI is InChI=1S/C28H24N6O4/c1-16-11-12-29-23(13-16)34-25-15-24(30-17(2)31-25)32-19-7-9-20(10-8-19)33-27(35)21-14-18-5-4-6-22(37-3)26(18)38-28(21)36/h4-15H,1-3H3,(H,33,35)(H2,29,30,31,32,34). The maximum absolute atomic E-state index is 12.8. The summed E-state index contributed by atoms with van der Waals surface area (Å²) in [6.07, 6.45) is 1.73. The number of aryl methyl sites for hydroxylation is 2. The second-order valence-corrected chi connectivity index (χ2v) is 8.51. The summed E-state index contributed by atoms with van der Waals surface area (Å²) in [7, 11) is 1.48. The summed E-state index contributed by atoms with van der Waals surface area (Å²) in [5, 5.41) is 9.74. The number of nitrogens with zero attached hydrogens (tertiary/aromatic N) is 3. The molecule has 5 aromatic rings. The lowest BCUT2D eigenvalue weighted by Gasteiger charge is -2.11. The van der Waals surface area contributed by atoms with Crippen molar-refractivity contribution in [3.05, 3.63) is 100 Å². The number of aromatic nitrogens is 3. The topological polar surface area (TPSA) is 131 Å². The van der Waals surface area contributed by atoms with Gasteiger partial charge in [-0.1, -0.05) is 12.1 Å². The molecule has 1 amide bonds. The van der Waals surface area contributed by atoms with Crippen LogP contribution in [0.2, 0.25) is 0 Å². The number of hydrogen-bond donors (Lipinski definition) is 3. The van der Waals surface area contributed by atoms with Gasteiger partial charge in [0, 0.05) is 29.0 Å². The van der Waals surface area contributed by atoms with Crippen molar-refractivity contribution in [1.29, 1.82) is 0 Å². The maximum Gasteiger partial charge on any atom is 0.349 e. The first-order chi connectivity index (χ1) is 18.4. The molecule has 0 aliphatic carbocycles. The van der Waals surface area contributed by atoms with Crippen LogP contribution in [0.5, 0.6) is 5.75 Å². The minimum absolute atomic E-state index is 0.104. The summed E-state index contributed by atoms with van der Waals surface area (Å²) in [5.41, 5.74) is 1.78. The lowest BCUT2D eigenvalue weighted by Crippen LogP contribution is -2.20. The van der Waals surface area contributed by atoms with Gasteiger partial charge in [-0.3, -0.25) is 4.79 Å². The zero-order valence-corrected chi connectivity index (χ0v) is 20.9. The second-order valence-electron chi connectivity index (χ2n) is 8.51. The molecule has 0 aliphatic heterocycles. The van der Waals surface area contributed by atoms with Gasteiger partial charge in [0.25, 0.3) is 5.91 Å². The summed E-state index contributed by atoms with van der Waals surface area (Å²) < 4.78 is 10.6. The number of para-hydroxylation sites is 1. The molecule has 0 aliphatic rings. The fourth-order valence-corrected chi connectivity index (χ4v) is 3.85. The highest BCUT2D eigenvalue weighted by atomic mass is 16.5. The van der Waals surface area contributed by atoms with E-state index in [-0.39, 0.29) is 5.56 Å². The third-order valence-corrected chi connectivity index (χ3v) is 5.61. The molecule has 0 saturated carbocycles. The lowest BCUT2D eigenvalue weighted by molar-refractivity contribution is 0.102. The van der Waals surface area contributed by atoms with Gasteiger partial charge in [-0.05, 0) is 67.9 Å². The molecule has 10 heteroatoms. The van der Waals surface area contributed by atoms with Gasteiger partial charge in [-0.15, -0.1) is 0 Å². The number of amides is 1. The number of hydrogen-bond acceptors (Lipinski definition) is 9. The van der Waals surface area contributed by atoms with E-state index in [0.717, 1.165) is 11.3 Å². The van der Waals surface area contributed by atoms with E-state index >= 15 is 0 Å². The predicted molar refractivity (Wildman–Crippen MR) is 146 cm³/mol. The van der Waals surface area contributed by atoms with Gasteiger partial charge in [-0.25, -0.2) is 19.7 Å². The highest BCUT2D eigenvalue weighted by molar-refractivity contribution is 6.05. The summed E-state index contributed by atoms with van der Waals surface area (Å²) in [6.45, 7) is 3.80. The first-order valence-electron chi connectivity index (χ1n) is 11.7. The minimum Gasteiger partial charge on any atom is -0.493 e. The number of benzene rings is 2. The number of rotatable bonds is 7. The van der Waals surface area contributed by atoms with Gasteiger partial charge < -0.3 is 25.1 Å². The third kappa shape index (κ3) is 5.44. The molecule has 0 fully saturated rings. The molecule has 3 aromatic heterocycles. The molecule has 190 valence electrons. The lowest BCUT2D eigenvalue weighted by atomic mass is 10.1. The number of anilines is 5. The van der Waals surface area contributed by atoms with Crippen LogP contribution in [0.1, 0.15) is 21.7 Å². The smallest absolute Gasteiger partial charge is 0.349 e. The fraction of sp³-hybridized carbons (Fsp3) is 0.107. The number of nitrogens with one attached hydrogen (secondary N) is 3. The molecule has 3 heterocycles. The van der Waals surface area contributed by atoms with Crippen LogP contribution in [-0.2, 0) is 0 Å². The SMILES string of the molecule is COc1cccc2cc(C(=O)Nc3ccc(Nc4cc(Nc5cc(C)ccn5)nc(C)n4)cc3)c(=O)oc12. The van der Waals surface area contributed by atoms with Crippen LogP contribution in [-0.4, -0.2) is 28.0 Å². The Kier molecular flexibility index (Phi) is 6.68. The Hall–Kier alpha value is -5.25. The number of methoxy groups -OCH3 is 1. The molecule has 0 unspecified atom stereocenters. The van der Waals surface area contributed by atoms with Crippen LogP contribution in [0.15, 0.2) is 82.1 Å². The van der Waals surface area contributed by atoms with Gasteiger partial charge in [-0.2, -0.15) is 0 Å². The van der Waals surface area contributed by atoms with Gasteiger partial charge in [0.15, 0.2) is 11.3 Å². The van der Waals surface area contributed by atoms with E-state index in [1.165, 1.54) is 13.2 Å². The van der Waals surface area contributed by atoms with E-state index in [1.807, 2.05) is 19.1 Å². The van der Waals surface area contributed by atoms with Crippen LogP contribution in [0.3, 0.4) is 0 Å². The molecule has 0 radical (unpaired) electrons. The van der Waals surface area contributed by atoms with Crippen LogP contribution < -0.4 is 26.3 Å². The maximum atomic E-state index is 12.8. The minimum atomic E-state index is -0.748. The molecule has 0 atom stereocenters. The number of carbonyl (C=O) groups excluding carboxylic acids is 1. The molecule has 2 aromatic carbocycles. The Morgan fingerprint density at radius 2 is 1.61 bits per heavy atom. The van der Waals surface area contributed by atoms with Crippen LogP contribution in [0, 0.1) is 13.8 Å². The molecule has 38 heavy (non-hydrogen) atoms. The molecule has 0 bridgehead atoms.